The van der Waals surface area contributed by atoms with Crippen LogP contribution in [0, 0.1) is 0 Å². The second-order valence-corrected chi connectivity index (χ2v) is 11.1. The van der Waals surface area contributed by atoms with E-state index in [1.165, 1.54) is 11.1 Å². The highest BCUT2D eigenvalue weighted by atomic mass is 32.2. The number of methoxy groups -OCH3 is 2. The fourth-order valence-corrected chi connectivity index (χ4v) is 6.59. The molecule has 0 spiro atoms. The fourth-order valence-electron chi connectivity index (χ4n) is 4.61. The summed E-state index contributed by atoms with van der Waals surface area (Å²) in [7, 11) is 3.37. The molecule has 0 aliphatic carbocycles. The van der Waals surface area contributed by atoms with Crippen LogP contribution in [0.2, 0.25) is 0 Å². The van der Waals surface area contributed by atoms with E-state index in [1.807, 2.05) is 48.5 Å². The molecule has 4 aromatic carbocycles. The van der Waals surface area contributed by atoms with Crippen LogP contribution >= 0.6 is 23.5 Å². The zero-order valence-electron chi connectivity index (χ0n) is 21.1. The first-order chi connectivity index (χ1) is 18.7. The summed E-state index contributed by atoms with van der Waals surface area (Å²) in [6.07, 6.45) is 0. The van der Waals surface area contributed by atoms with E-state index >= 15 is 0 Å². The van der Waals surface area contributed by atoms with Crippen LogP contribution < -0.4 is 18.9 Å². The standard InChI is InChI=1S/C32H26O4S2/c1-33-21-11-15-23(16-12-21)37-29-19-35-27-9-5-3-7-25(27)31(29)32-26-8-4-6-10-28(26)36-20-30(32)38-24-17-13-22(34-2)14-18-24/h3-18H,19-20H2,1-2H3. The van der Waals surface area contributed by atoms with Crippen molar-refractivity contribution in [1.29, 1.82) is 0 Å². The predicted octanol–water partition coefficient (Wildman–Crippen LogP) is 8.20. The van der Waals surface area contributed by atoms with Gasteiger partial charge in [-0.3, -0.25) is 0 Å². The third kappa shape index (κ3) is 4.89. The summed E-state index contributed by atoms with van der Waals surface area (Å²) in [4.78, 5) is 4.58. The summed E-state index contributed by atoms with van der Waals surface area (Å²) in [5, 5.41) is 0. The monoisotopic (exact) mass is 538 g/mol. The number of allylic oxidation sites excluding steroid dienone is 2. The molecule has 2 aliphatic rings. The number of para-hydroxylation sites is 2. The lowest BCUT2D eigenvalue weighted by molar-refractivity contribution is 0.351. The molecule has 0 fully saturated rings. The van der Waals surface area contributed by atoms with E-state index < -0.39 is 0 Å². The minimum Gasteiger partial charge on any atom is -0.497 e. The first-order valence-electron chi connectivity index (χ1n) is 12.3. The smallest absolute Gasteiger partial charge is 0.127 e. The van der Waals surface area contributed by atoms with Gasteiger partial charge in [0.15, 0.2) is 0 Å². The lowest BCUT2D eigenvalue weighted by Crippen LogP contribution is -2.15. The second kappa shape index (κ2) is 10.9. The molecular formula is C32H26O4S2. The maximum absolute atomic E-state index is 6.26. The van der Waals surface area contributed by atoms with E-state index in [0.29, 0.717) is 13.2 Å². The third-order valence-corrected chi connectivity index (χ3v) is 8.59. The number of ether oxygens (including phenoxy) is 4. The molecule has 0 saturated carbocycles. The lowest BCUT2D eigenvalue weighted by Gasteiger charge is -2.30. The van der Waals surface area contributed by atoms with Crippen LogP contribution in [0.5, 0.6) is 23.0 Å². The maximum Gasteiger partial charge on any atom is 0.127 e. The number of thioether (sulfide) groups is 2. The molecule has 0 radical (unpaired) electrons. The zero-order valence-corrected chi connectivity index (χ0v) is 22.7. The van der Waals surface area contributed by atoms with Crippen LogP contribution in [0.4, 0.5) is 0 Å². The van der Waals surface area contributed by atoms with Crippen molar-refractivity contribution in [2.75, 3.05) is 27.4 Å². The summed E-state index contributed by atoms with van der Waals surface area (Å²) in [6, 6.07) is 32.9. The molecule has 38 heavy (non-hydrogen) atoms. The fraction of sp³-hybridized carbons (Fsp3) is 0.125. The van der Waals surface area contributed by atoms with Gasteiger partial charge in [-0.1, -0.05) is 59.9 Å². The van der Waals surface area contributed by atoms with Crippen LogP contribution in [0.3, 0.4) is 0 Å². The summed E-state index contributed by atoms with van der Waals surface area (Å²) in [5.41, 5.74) is 4.57. The van der Waals surface area contributed by atoms with Gasteiger partial charge in [-0.25, -0.2) is 0 Å². The molecular weight excluding hydrogens is 512 g/mol. The Labute approximate surface area is 231 Å². The Morgan fingerprint density at radius 2 is 0.921 bits per heavy atom. The zero-order chi connectivity index (χ0) is 25.9. The van der Waals surface area contributed by atoms with E-state index in [9.17, 15) is 0 Å². The van der Waals surface area contributed by atoms with Gasteiger partial charge in [0.2, 0.25) is 0 Å². The summed E-state index contributed by atoms with van der Waals surface area (Å²) in [6.45, 7) is 0.992. The highest BCUT2D eigenvalue weighted by Gasteiger charge is 2.30. The van der Waals surface area contributed by atoms with Gasteiger partial charge in [-0.05, 0) is 60.7 Å². The SMILES string of the molecule is COc1ccc(SC2=C(C3=C(Sc4ccc(OC)cc4)COc4ccccc43)c3ccccc3OC2)cc1. The van der Waals surface area contributed by atoms with Crippen LogP contribution in [0.15, 0.2) is 117 Å². The average Bonchev–Trinajstić information content (AvgIpc) is 2.98. The molecule has 4 nitrogen and oxygen atoms in total. The first kappa shape index (κ1) is 24.6. The van der Waals surface area contributed by atoms with Crippen molar-refractivity contribution in [2.24, 2.45) is 0 Å². The minimum absolute atomic E-state index is 0.496. The topological polar surface area (TPSA) is 36.9 Å². The quantitative estimate of drug-likeness (QED) is 0.236. The van der Waals surface area contributed by atoms with Gasteiger partial charge in [0, 0.05) is 41.9 Å². The Morgan fingerprint density at radius 3 is 1.32 bits per heavy atom. The Balaban J connectivity index is 1.53. The molecule has 6 heteroatoms. The van der Waals surface area contributed by atoms with Crippen molar-refractivity contribution < 1.29 is 18.9 Å². The van der Waals surface area contributed by atoms with Gasteiger partial charge in [0.25, 0.3) is 0 Å². The molecule has 190 valence electrons. The number of benzene rings is 4. The second-order valence-electron chi connectivity index (χ2n) is 8.72. The van der Waals surface area contributed by atoms with Crippen LogP contribution in [-0.4, -0.2) is 27.4 Å². The Kier molecular flexibility index (Phi) is 7.08. The maximum atomic E-state index is 6.26. The molecule has 0 amide bonds. The molecule has 0 saturated heterocycles. The third-order valence-electron chi connectivity index (χ3n) is 6.44. The molecule has 0 atom stereocenters. The molecule has 0 unspecified atom stereocenters. The van der Waals surface area contributed by atoms with Crippen molar-refractivity contribution in [3.8, 4) is 23.0 Å². The Hall–Kier alpha value is -3.74. The molecule has 0 N–H and O–H groups in total. The van der Waals surface area contributed by atoms with Gasteiger partial charge in [-0.2, -0.15) is 0 Å². The van der Waals surface area contributed by atoms with Crippen LogP contribution in [-0.2, 0) is 0 Å². The largest absolute Gasteiger partial charge is 0.497 e. The average molecular weight is 539 g/mol. The molecule has 0 aromatic heterocycles. The van der Waals surface area contributed by atoms with Gasteiger partial charge in [-0.15, -0.1) is 0 Å². The molecule has 2 heterocycles. The van der Waals surface area contributed by atoms with Crippen LogP contribution in [0.25, 0.3) is 11.1 Å². The summed E-state index contributed by atoms with van der Waals surface area (Å²) >= 11 is 3.47. The number of rotatable bonds is 7. The number of hydrogen-bond acceptors (Lipinski definition) is 6. The normalized spacial score (nSPS) is 14.3. The Morgan fingerprint density at radius 1 is 0.526 bits per heavy atom. The van der Waals surface area contributed by atoms with Crippen molar-refractivity contribution >= 4 is 34.7 Å². The van der Waals surface area contributed by atoms with Crippen molar-refractivity contribution in [3.63, 3.8) is 0 Å². The van der Waals surface area contributed by atoms with E-state index in [0.717, 1.165) is 53.7 Å². The summed E-state index contributed by atoms with van der Waals surface area (Å²) in [5.74, 6) is 3.47. The van der Waals surface area contributed by atoms with Crippen molar-refractivity contribution in [2.45, 2.75) is 9.79 Å². The molecule has 0 bridgehead atoms. The number of hydrogen-bond donors (Lipinski definition) is 0. The van der Waals surface area contributed by atoms with Crippen LogP contribution in [0.1, 0.15) is 11.1 Å². The van der Waals surface area contributed by atoms with Gasteiger partial charge in [0.1, 0.15) is 36.2 Å². The van der Waals surface area contributed by atoms with Gasteiger partial charge in [0.05, 0.1) is 14.2 Å². The lowest BCUT2D eigenvalue weighted by atomic mass is 9.88. The van der Waals surface area contributed by atoms with E-state index in [-0.39, 0.29) is 0 Å². The predicted molar refractivity (Wildman–Crippen MR) is 155 cm³/mol. The number of fused-ring (bicyclic) bond motifs is 2. The minimum atomic E-state index is 0.496. The Bertz CT molecular complexity index is 1410. The summed E-state index contributed by atoms with van der Waals surface area (Å²) < 4.78 is 23.3. The van der Waals surface area contributed by atoms with E-state index in [2.05, 4.69) is 48.5 Å². The molecule has 4 aromatic rings. The van der Waals surface area contributed by atoms with Gasteiger partial charge < -0.3 is 18.9 Å². The molecule has 6 rings (SSSR count). The van der Waals surface area contributed by atoms with Crippen molar-refractivity contribution in [1.82, 2.24) is 0 Å². The highest BCUT2D eigenvalue weighted by Crippen LogP contribution is 2.52. The van der Waals surface area contributed by atoms with Gasteiger partial charge >= 0.3 is 0 Å². The highest BCUT2D eigenvalue weighted by molar-refractivity contribution is 8.03. The van der Waals surface area contributed by atoms with E-state index in [4.69, 9.17) is 18.9 Å². The van der Waals surface area contributed by atoms with E-state index in [1.54, 1.807) is 37.7 Å². The first-order valence-corrected chi connectivity index (χ1v) is 13.9. The molecule has 2 aliphatic heterocycles. The van der Waals surface area contributed by atoms with Crippen molar-refractivity contribution in [3.05, 3.63) is 118 Å².